The Bertz CT molecular complexity index is 625. The van der Waals surface area contributed by atoms with Gasteiger partial charge in [0.15, 0.2) is 0 Å². The van der Waals surface area contributed by atoms with Crippen LogP contribution in [0.15, 0.2) is 24.3 Å². The molecule has 1 aromatic carbocycles. The van der Waals surface area contributed by atoms with Crippen molar-refractivity contribution in [2.45, 2.75) is 51.5 Å². The molecule has 5 heteroatoms. The number of rotatable bonds is 5. The van der Waals surface area contributed by atoms with Gasteiger partial charge in [-0.2, -0.15) is 0 Å². The molecule has 1 aliphatic carbocycles. The summed E-state index contributed by atoms with van der Waals surface area (Å²) in [5.74, 6) is 0.428. The van der Waals surface area contributed by atoms with E-state index in [1.807, 2.05) is 17.0 Å². The van der Waals surface area contributed by atoms with E-state index in [4.69, 9.17) is 4.74 Å². The Morgan fingerprint density at radius 2 is 2.04 bits per heavy atom. The molecule has 0 radical (unpaired) electrons. The lowest BCUT2D eigenvalue weighted by Gasteiger charge is -2.37. The van der Waals surface area contributed by atoms with Crippen molar-refractivity contribution in [3.63, 3.8) is 0 Å². The van der Waals surface area contributed by atoms with Crippen LogP contribution >= 0.6 is 0 Å². The first kappa shape index (κ1) is 16.8. The lowest BCUT2D eigenvalue weighted by Crippen LogP contribution is -2.49. The van der Waals surface area contributed by atoms with Crippen molar-refractivity contribution in [3.8, 4) is 5.75 Å². The van der Waals surface area contributed by atoms with E-state index in [2.05, 4.69) is 12.2 Å². The number of hydrogen-bond donors (Lipinski definition) is 1. The number of carbonyl (C=O) groups is 2. The predicted molar refractivity (Wildman–Crippen MR) is 92.9 cm³/mol. The third-order valence-electron chi connectivity index (χ3n) is 5.31. The van der Waals surface area contributed by atoms with Gasteiger partial charge in [0.2, 0.25) is 11.8 Å². The number of benzene rings is 1. The normalized spacial score (nSPS) is 21.9. The molecule has 2 fully saturated rings. The van der Waals surface area contributed by atoms with Gasteiger partial charge in [-0.3, -0.25) is 9.59 Å². The molecule has 0 bridgehead atoms. The van der Waals surface area contributed by atoms with Crippen LogP contribution in [0.25, 0.3) is 0 Å². The Labute approximate surface area is 143 Å². The molecule has 1 heterocycles. The van der Waals surface area contributed by atoms with Gasteiger partial charge in [0.25, 0.3) is 0 Å². The first-order chi connectivity index (χ1) is 11.6. The number of likely N-dealkylation sites (tertiary alicyclic amines) is 1. The predicted octanol–water partition coefficient (Wildman–Crippen LogP) is 3.21. The second kappa shape index (κ2) is 6.83. The van der Waals surface area contributed by atoms with Gasteiger partial charge in [-0.05, 0) is 50.7 Å². The van der Waals surface area contributed by atoms with E-state index >= 15 is 0 Å². The minimum Gasteiger partial charge on any atom is -0.495 e. The number of nitrogens with zero attached hydrogens (tertiary/aromatic N) is 1. The highest BCUT2D eigenvalue weighted by Crippen LogP contribution is 2.49. The summed E-state index contributed by atoms with van der Waals surface area (Å²) in [5.41, 5.74) is -0.249. The van der Waals surface area contributed by atoms with E-state index in [9.17, 15) is 9.59 Å². The molecule has 3 rings (SSSR count). The highest BCUT2D eigenvalue weighted by Gasteiger charge is 2.58. The van der Waals surface area contributed by atoms with Crippen LogP contribution in [-0.2, 0) is 9.59 Å². The molecule has 1 saturated carbocycles. The Kier molecular flexibility index (Phi) is 4.78. The lowest BCUT2D eigenvalue weighted by atomic mass is 9.95. The monoisotopic (exact) mass is 330 g/mol. The molecule has 24 heavy (non-hydrogen) atoms. The molecule has 1 unspecified atom stereocenters. The molecular formula is C19H26N2O3. The first-order valence-corrected chi connectivity index (χ1v) is 8.88. The van der Waals surface area contributed by atoms with Gasteiger partial charge in [-0.1, -0.05) is 19.1 Å². The van der Waals surface area contributed by atoms with Crippen molar-refractivity contribution < 1.29 is 14.3 Å². The van der Waals surface area contributed by atoms with Crippen LogP contribution in [-0.4, -0.2) is 36.4 Å². The number of amides is 2. The zero-order chi connectivity index (χ0) is 17.2. The second-order valence-electron chi connectivity index (χ2n) is 6.79. The van der Waals surface area contributed by atoms with Gasteiger partial charge in [-0.15, -0.1) is 0 Å². The summed E-state index contributed by atoms with van der Waals surface area (Å²) in [6.45, 7) is 2.89. The molecule has 1 aliphatic heterocycles. The van der Waals surface area contributed by atoms with E-state index < -0.39 is 5.41 Å². The molecule has 1 aromatic rings. The van der Waals surface area contributed by atoms with Gasteiger partial charge in [0.05, 0.1) is 12.8 Å². The van der Waals surface area contributed by atoms with Gasteiger partial charge < -0.3 is 15.0 Å². The molecule has 0 spiro atoms. The summed E-state index contributed by atoms with van der Waals surface area (Å²) in [5, 5.41) is 2.91. The number of nitrogens with one attached hydrogen (secondary N) is 1. The van der Waals surface area contributed by atoms with Crippen molar-refractivity contribution in [2.75, 3.05) is 19.0 Å². The Morgan fingerprint density at radius 1 is 1.29 bits per heavy atom. The molecule has 130 valence electrons. The molecule has 1 saturated heterocycles. The van der Waals surface area contributed by atoms with E-state index in [0.29, 0.717) is 24.3 Å². The van der Waals surface area contributed by atoms with Crippen molar-refractivity contribution >= 4 is 17.5 Å². The highest BCUT2D eigenvalue weighted by molar-refractivity contribution is 6.13. The number of carbonyl (C=O) groups excluding carboxylic acids is 2. The summed E-state index contributed by atoms with van der Waals surface area (Å²) in [6, 6.07) is 7.58. The number of methoxy groups -OCH3 is 1. The number of ether oxygens (including phenoxy) is 1. The second-order valence-corrected chi connectivity index (χ2v) is 6.79. The van der Waals surface area contributed by atoms with Crippen LogP contribution < -0.4 is 10.1 Å². The van der Waals surface area contributed by atoms with Gasteiger partial charge in [0.1, 0.15) is 11.2 Å². The zero-order valence-electron chi connectivity index (χ0n) is 14.5. The van der Waals surface area contributed by atoms with E-state index in [1.165, 1.54) is 6.42 Å². The van der Waals surface area contributed by atoms with Gasteiger partial charge in [0, 0.05) is 12.6 Å². The molecule has 2 aliphatic rings. The maximum Gasteiger partial charge on any atom is 0.240 e. The van der Waals surface area contributed by atoms with Crippen LogP contribution in [0.2, 0.25) is 0 Å². The number of anilines is 1. The summed E-state index contributed by atoms with van der Waals surface area (Å²) in [6.07, 6.45) is 5.48. The molecular weight excluding hydrogens is 304 g/mol. The Balaban J connectivity index is 1.75. The van der Waals surface area contributed by atoms with Crippen molar-refractivity contribution in [1.29, 1.82) is 0 Å². The average molecular weight is 330 g/mol. The van der Waals surface area contributed by atoms with Crippen molar-refractivity contribution in [2.24, 2.45) is 5.41 Å². The quantitative estimate of drug-likeness (QED) is 0.844. The number of para-hydroxylation sites is 2. The Morgan fingerprint density at radius 3 is 2.71 bits per heavy atom. The summed E-state index contributed by atoms with van der Waals surface area (Å²) in [4.78, 5) is 27.9. The maximum atomic E-state index is 13.1. The van der Waals surface area contributed by atoms with Crippen LogP contribution in [0.3, 0.4) is 0 Å². The minimum atomic E-state index is -0.869. The van der Waals surface area contributed by atoms with Crippen LogP contribution in [0.5, 0.6) is 5.75 Å². The molecule has 0 aromatic heterocycles. The number of piperidine rings is 1. The third-order valence-corrected chi connectivity index (χ3v) is 5.31. The summed E-state index contributed by atoms with van der Waals surface area (Å²) >= 11 is 0. The molecule has 2 amide bonds. The third kappa shape index (κ3) is 2.99. The highest BCUT2D eigenvalue weighted by atomic mass is 16.5. The molecule has 5 nitrogen and oxygen atoms in total. The smallest absolute Gasteiger partial charge is 0.240 e. The van der Waals surface area contributed by atoms with Crippen molar-refractivity contribution in [3.05, 3.63) is 24.3 Å². The zero-order valence-corrected chi connectivity index (χ0v) is 14.5. The Hall–Kier alpha value is -2.04. The van der Waals surface area contributed by atoms with Gasteiger partial charge in [-0.25, -0.2) is 0 Å². The minimum absolute atomic E-state index is 0.0152. The fraction of sp³-hybridized carbons (Fsp3) is 0.579. The van der Waals surface area contributed by atoms with Crippen LogP contribution in [0, 0.1) is 5.41 Å². The fourth-order valence-electron chi connectivity index (χ4n) is 3.62. The largest absolute Gasteiger partial charge is 0.495 e. The van der Waals surface area contributed by atoms with E-state index in [1.54, 1.807) is 19.2 Å². The molecule has 1 atom stereocenters. The SMILES string of the molecule is CCC1CCCCN1C(=O)C1(C(=O)Nc2ccccc2OC)CC1. The van der Waals surface area contributed by atoms with Crippen molar-refractivity contribution in [1.82, 2.24) is 4.90 Å². The van der Waals surface area contributed by atoms with E-state index in [-0.39, 0.29) is 17.9 Å². The lowest BCUT2D eigenvalue weighted by molar-refractivity contribution is -0.145. The van der Waals surface area contributed by atoms with Crippen LogP contribution in [0.4, 0.5) is 5.69 Å². The standard InChI is InChI=1S/C19H26N2O3/c1-3-14-8-6-7-13-21(14)18(23)19(11-12-19)17(22)20-15-9-4-5-10-16(15)24-2/h4-5,9-10,14H,3,6-8,11-13H2,1-2H3,(H,20,22). The van der Waals surface area contributed by atoms with Crippen LogP contribution in [0.1, 0.15) is 45.4 Å². The number of hydrogen-bond acceptors (Lipinski definition) is 3. The topological polar surface area (TPSA) is 58.6 Å². The maximum absolute atomic E-state index is 13.1. The summed E-state index contributed by atoms with van der Waals surface area (Å²) < 4.78 is 5.28. The average Bonchev–Trinajstić information content (AvgIpc) is 3.43. The van der Waals surface area contributed by atoms with Gasteiger partial charge >= 0.3 is 0 Å². The summed E-state index contributed by atoms with van der Waals surface area (Å²) in [7, 11) is 1.57. The van der Waals surface area contributed by atoms with E-state index in [0.717, 1.165) is 25.8 Å². The first-order valence-electron chi connectivity index (χ1n) is 8.88. The molecule has 1 N–H and O–H groups in total. The fourth-order valence-corrected chi connectivity index (χ4v) is 3.62.